The first kappa shape index (κ1) is 15.8. The summed E-state index contributed by atoms with van der Waals surface area (Å²) in [4.78, 5) is 12.5. The molecule has 0 radical (unpaired) electrons. The Hall–Kier alpha value is -3.08. The van der Waals surface area contributed by atoms with E-state index < -0.39 is 0 Å². The van der Waals surface area contributed by atoms with Gasteiger partial charge in [-0.25, -0.2) is 0 Å². The molecular weight excluding hydrogens is 304 g/mol. The van der Waals surface area contributed by atoms with Crippen molar-refractivity contribution in [2.24, 2.45) is 0 Å². The van der Waals surface area contributed by atoms with Crippen LogP contribution in [0.5, 0.6) is 5.75 Å². The zero-order valence-electron chi connectivity index (χ0n) is 13.6. The summed E-state index contributed by atoms with van der Waals surface area (Å²) in [6.07, 6.45) is 1.44. The summed E-state index contributed by atoms with van der Waals surface area (Å²) in [6.45, 7) is 2.47. The third-order valence-electron chi connectivity index (χ3n) is 3.87. The lowest BCUT2D eigenvalue weighted by Gasteiger charge is -2.07. The van der Waals surface area contributed by atoms with Crippen molar-refractivity contribution in [3.05, 3.63) is 71.4 Å². The van der Waals surface area contributed by atoms with Crippen LogP contribution in [0.4, 0.5) is 0 Å². The van der Waals surface area contributed by atoms with Gasteiger partial charge in [0.25, 0.3) is 5.91 Å². The average molecular weight is 322 g/mol. The smallest absolute Gasteiger partial charge is 0.257 e. The van der Waals surface area contributed by atoms with Crippen LogP contribution in [0.1, 0.15) is 21.5 Å². The molecule has 24 heavy (non-hydrogen) atoms. The molecule has 0 aliphatic rings. The Kier molecular flexibility index (Phi) is 4.61. The molecule has 0 bridgehead atoms. The van der Waals surface area contributed by atoms with E-state index in [2.05, 4.69) is 10.5 Å². The van der Waals surface area contributed by atoms with Crippen LogP contribution in [-0.4, -0.2) is 18.2 Å². The van der Waals surface area contributed by atoms with Crippen LogP contribution in [0.2, 0.25) is 0 Å². The minimum absolute atomic E-state index is 0.217. The molecule has 122 valence electrons. The number of ether oxygens (including phenoxy) is 1. The number of carbonyl (C=O) groups is 1. The second-order valence-corrected chi connectivity index (χ2v) is 5.41. The van der Waals surface area contributed by atoms with Crippen LogP contribution in [0.15, 0.2) is 59.3 Å². The van der Waals surface area contributed by atoms with Gasteiger partial charge in [-0.1, -0.05) is 29.4 Å². The minimum atomic E-state index is -0.217. The quantitative estimate of drug-likeness (QED) is 0.779. The van der Waals surface area contributed by atoms with Crippen LogP contribution in [-0.2, 0) is 6.54 Å². The summed E-state index contributed by atoms with van der Waals surface area (Å²) in [6, 6.07) is 15.2. The largest absolute Gasteiger partial charge is 0.497 e. The second-order valence-electron chi connectivity index (χ2n) is 5.41. The van der Waals surface area contributed by atoms with Gasteiger partial charge in [-0.3, -0.25) is 4.79 Å². The first-order valence-electron chi connectivity index (χ1n) is 7.61. The average Bonchev–Trinajstić information content (AvgIpc) is 3.10. The van der Waals surface area contributed by atoms with Crippen molar-refractivity contribution in [3.63, 3.8) is 0 Å². The molecule has 3 rings (SSSR count). The number of benzene rings is 2. The predicted molar refractivity (Wildman–Crippen MR) is 90.8 cm³/mol. The van der Waals surface area contributed by atoms with Crippen LogP contribution in [0, 0.1) is 6.92 Å². The van der Waals surface area contributed by atoms with Crippen LogP contribution in [0.25, 0.3) is 11.3 Å². The fraction of sp³-hybridized carbons (Fsp3) is 0.158. The van der Waals surface area contributed by atoms with E-state index in [1.165, 1.54) is 6.20 Å². The lowest BCUT2D eigenvalue weighted by atomic mass is 10.1. The monoisotopic (exact) mass is 322 g/mol. The van der Waals surface area contributed by atoms with Crippen molar-refractivity contribution in [1.82, 2.24) is 10.5 Å². The van der Waals surface area contributed by atoms with Crippen LogP contribution >= 0.6 is 0 Å². The molecule has 0 aliphatic heterocycles. The number of hydrogen-bond acceptors (Lipinski definition) is 4. The number of aryl methyl sites for hydroxylation is 1. The number of methoxy groups -OCH3 is 1. The van der Waals surface area contributed by atoms with Gasteiger partial charge >= 0.3 is 0 Å². The van der Waals surface area contributed by atoms with Gasteiger partial charge in [-0.2, -0.15) is 0 Å². The van der Waals surface area contributed by atoms with E-state index in [-0.39, 0.29) is 5.91 Å². The Balaban J connectivity index is 1.76. The standard InChI is InChI=1S/C19H18N2O3/c1-13-5-3-4-6-15(13)11-20-19(22)17-12-21-24-18(17)14-7-9-16(23-2)10-8-14/h3-10,12H,11H2,1-2H3,(H,20,22). The van der Waals surface area contributed by atoms with Crippen molar-refractivity contribution in [2.75, 3.05) is 7.11 Å². The van der Waals surface area contributed by atoms with E-state index in [4.69, 9.17) is 9.26 Å². The topological polar surface area (TPSA) is 64.4 Å². The highest BCUT2D eigenvalue weighted by Gasteiger charge is 2.17. The molecule has 1 heterocycles. The van der Waals surface area contributed by atoms with E-state index >= 15 is 0 Å². The fourth-order valence-corrected chi connectivity index (χ4v) is 2.43. The normalized spacial score (nSPS) is 10.4. The van der Waals surface area contributed by atoms with E-state index in [9.17, 15) is 4.79 Å². The van der Waals surface area contributed by atoms with E-state index in [0.29, 0.717) is 17.9 Å². The summed E-state index contributed by atoms with van der Waals surface area (Å²) in [5.41, 5.74) is 3.40. The third-order valence-corrected chi connectivity index (χ3v) is 3.87. The second kappa shape index (κ2) is 7.00. The summed E-state index contributed by atoms with van der Waals surface area (Å²) in [5.74, 6) is 0.967. The molecule has 3 aromatic rings. The maximum absolute atomic E-state index is 12.5. The molecule has 0 unspecified atom stereocenters. The van der Waals surface area contributed by atoms with Gasteiger partial charge in [0.05, 0.1) is 13.3 Å². The molecular formula is C19H18N2O3. The van der Waals surface area contributed by atoms with Crippen molar-refractivity contribution in [1.29, 1.82) is 0 Å². The minimum Gasteiger partial charge on any atom is -0.497 e. The highest BCUT2D eigenvalue weighted by molar-refractivity contribution is 5.99. The zero-order valence-corrected chi connectivity index (χ0v) is 13.6. The van der Waals surface area contributed by atoms with Crippen molar-refractivity contribution < 1.29 is 14.1 Å². The van der Waals surface area contributed by atoms with E-state index in [0.717, 1.165) is 22.4 Å². The summed E-state index contributed by atoms with van der Waals surface area (Å²) >= 11 is 0. The molecule has 1 aromatic heterocycles. The molecule has 5 nitrogen and oxygen atoms in total. The number of carbonyl (C=O) groups excluding carboxylic acids is 1. The molecule has 1 amide bonds. The Morgan fingerprint density at radius 2 is 1.92 bits per heavy atom. The summed E-state index contributed by atoms with van der Waals surface area (Å²) < 4.78 is 10.4. The van der Waals surface area contributed by atoms with Gasteiger partial charge < -0.3 is 14.6 Å². The SMILES string of the molecule is COc1ccc(-c2oncc2C(=O)NCc2ccccc2C)cc1. The highest BCUT2D eigenvalue weighted by Crippen LogP contribution is 2.25. The van der Waals surface area contributed by atoms with Crippen LogP contribution < -0.4 is 10.1 Å². The molecule has 2 aromatic carbocycles. The first-order chi connectivity index (χ1) is 11.7. The van der Waals surface area contributed by atoms with Gasteiger partial charge in [0.15, 0.2) is 5.76 Å². The van der Waals surface area contributed by atoms with Gasteiger partial charge in [-0.15, -0.1) is 0 Å². The Labute approximate surface area is 140 Å². The fourth-order valence-electron chi connectivity index (χ4n) is 2.43. The molecule has 0 saturated heterocycles. The molecule has 0 atom stereocenters. The molecule has 0 saturated carbocycles. The molecule has 0 aliphatic carbocycles. The molecule has 0 spiro atoms. The van der Waals surface area contributed by atoms with Gasteiger partial charge in [-0.05, 0) is 42.3 Å². The molecule has 5 heteroatoms. The number of rotatable bonds is 5. The Bertz CT molecular complexity index is 838. The lowest BCUT2D eigenvalue weighted by Crippen LogP contribution is -2.23. The van der Waals surface area contributed by atoms with Crippen molar-refractivity contribution in [2.45, 2.75) is 13.5 Å². The summed E-state index contributed by atoms with van der Waals surface area (Å²) in [5, 5.41) is 6.68. The number of nitrogens with one attached hydrogen (secondary N) is 1. The third kappa shape index (κ3) is 3.30. The zero-order chi connectivity index (χ0) is 16.9. The molecule has 1 N–H and O–H groups in total. The lowest BCUT2D eigenvalue weighted by molar-refractivity contribution is 0.0951. The van der Waals surface area contributed by atoms with E-state index in [1.54, 1.807) is 7.11 Å². The van der Waals surface area contributed by atoms with Crippen molar-refractivity contribution in [3.8, 4) is 17.1 Å². The maximum Gasteiger partial charge on any atom is 0.257 e. The Morgan fingerprint density at radius 3 is 2.62 bits per heavy atom. The summed E-state index contributed by atoms with van der Waals surface area (Å²) in [7, 11) is 1.61. The highest BCUT2D eigenvalue weighted by atomic mass is 16.5. The number of nitrogens with zero attached hydrogens (tertiary/aromatic N) is 1. The van der Waals surface area contributed by atoms with Crippen molar-refractivity contribution >= 4 is 5.91 Å². The van der Waals surface area contributed by atoms with E-state index in [1.807, 2.05) is 55.5 Å². The van der Waals surface area contributed by atoms with Gasteiger partial charge in [0.2, 0.25) is 0 Å². The van der Waals surface area contributed by atoms with Crippen LogP contribution in [0.3, 0.4) is 0 Å². The number of hydrogen-bond donors (Lipinski definition) is 1. The van der Waals surface area contributed by atoms with Gasteiger partial charge in [0, 0.05) is 12.1 Å². The van der Waals surface area contributed by atoms with Gasteiger partial charge in [0.1, 0.15) is 11.3 Å². The first-order valence-corrected chi connectivity index (χ1v) is 7.61. The Morgan fingerprint density at radius 1 is 1.17 bits per heavy atom. The number of aromatic nitrogens is 1. The maximum atomic E-state index is 12.5. The predicted octanol–water partition coefficient (Wildman–Crippen LogP) is 3.59. The molecule has 0 fully saturated rings. The number of amides is 1.